The highest BCUT2D eigenvalue weighted by molar-refractivity contribution is 7.99. The number of aldehydes is 1. The molecule has 4 N–H and O–H groups in total. The van der Waals surface area contributed by atoms with E-state index in [2.05, 4.69) is 0 Å². The Morgan fingerprint density at radius 3 is 2.28 bits per heavy atom. The fraction of sp³-hybridized carbons (Fsp3) is 0.769. The lowest BCUT2D eigenvalue weighted by Gasteiger charge is -2.17. The maximum Gasteiger partial charge on any atom is 0.272 e. The molecule has 6 nitrogen and oxygen atoms in total. The quantitative estimate of drug-likeness (QED) is 0.241. The van der Waals surface area contributed by atoms with E-state index in [1.807, 2.05) is 5.32 Å². The Balaban J connectivity index is 4.16. The summed E-state index contributed by atoms with van der Waals surface area (Å²) in [7, 11) is 0. The third-order valence-corrected chi connectivity index (χ3v) is 3.91. The Labute approximate surface area is 144 Å². The first-order valence-electron chi connectivity index (χ1n) is 7.11. The molecule has 0 bridgehead atoms. The van der Waals surface area contributed by atoms with Gasteiger partial charge in [-0.1, -0.05) is 0 Å². The molecule has 0 aromatic carbocycles. The van der Waals surface area contributed by atoms with Crippen molar-refractivity contribution < 1.29 is 41.4 Å². The molecule has 0 heterocycles. The van der Waals surface area contributed by atoms with Gasteiger partial charge in [-0.3, -0.25) is 9.59 Å². The lowest BCUT2D eigenvalue weighted by molar-refractivity contribution is -0.128. The molecular weight excluding hydrogens is 375 g/mol. The van der Waals surface area contributed by atoms with Crippen LogP contribution in [0.15, 0.2) is 0 Å². The van der Waals surface area contributed by atoms with Gasteiger partial charge in [0.2, 0.25) is 5.91 Å². The molecule has 0 fully saturated rings. The monoisotopic (exact) mass is 394 g/mol. The topological polar surface area (TPSA) is 109 Å². The molecule has 0 saturated heterocycles. The normalized spacial score (nSPS) is 17.4. The predicted molar refractivity (Wildman–Crippen MR) is 80.2 cm³/mol. The molecule has 25 heavy (non-hydrogen) atoms. The van der Waals surface area contributed by atoms with Gasteiger partial charge in [0, 0.05) is 25.0 Å². The minimum Gasteiger partial charge on any atom is -0.373 e. The number of carbonyl (C=O) groups is 3. The third kappa shape index (κ3) is 9.70. The van der Waals surface area contributed by atoms with Gasteiger partial charge in [-0.15, -0.1) is 11.8 Å². The van der Waals surface area contributed by atoms with E-state index in [0.29, 0.717) is 6.29 Å². The number of aliphatic hydroxyl groups is 1. The maximum absolute atomic E-state index is 13.2. The Hall–Kier alpha value is -1.27. The van der Waals surface area contributed by atoms with E-state index in [-0.39, 0.29) is 23.9 Å². The molecule has 0 aliphatic rings. The Bertz CT molecular complexity index is 447. The van der Waals surface area contributed by atoms with Crippen molar-refractivity contribution in [3.05, 3.63) is 0 Å². The number of nitrogens with one attached hydrogen (secondary N) is 1. The number of alkyl halides is 5. The summed E-state index contributed by atoms with van der Waals surface area (Å²) in [4.78, 5) is 33.2. The first-order chi connectivity index (χ1) is 11.6. The fourth-order valence-electron chi connectivity index (χ4n) is 1.54. The van der Waals surface area contributed by atoms with E-state index < -0.39 is 61.1 Å². The summed E-state index contributed by atoms with van der Waals surface area (Å²) in [6, 6.07) is -1.29. The average Bonchev–Trinajstić information content (AvgIpc) is 2.52. The number of rotatable bonds is 13. The Kier molecular flexibility index (Phi) is 11.5. The van der Waals surface area contributed by atoms with Gasteiger partial charge in [0.1, 0.15) is 12.5 Å². The number of halogens is 5. The summed E-state index contributed by atoms with van der Waals surface area (Å²) in [6.07, 6.45) is -12.2. The third-order valence-electron chi connectivity index (χ3n) is 2.89. The van der Waals surface area contributed by atoms with E-state index in [0.717, 1.165) is 0 Å². The second kappa shape index (κ2) is 12.1. The van der Waals surface area contributed by atoms with Gasteiger partial charge in [-0.05, 0) is 0 Å². The molecule has 5 unspecified atom stereocenters. The van der Waals surface area contributed by atoms with Crippen molar-refractivity contribution >= 4 is 29.7 Å². The summed E-state index contributed by atoms with van der Waals surface area (Å²) in [6.45, 7) is 0. The summed E-state index contributed by atoms with van der Waals surface area (Å²) in [5, 5.41) is 11.2. The largest absolute Gasteiger partial charge is 0.373 e. The van der Waals surface area contributed by atoms with Gasteiger partial charge in [0.25, 0.3) is 6.43 Å². The summed E-state index contributed by atoms with van der Waals surface area (Å²) in [5.41, 5.74) is 2.86. The number of thioether (sulfide) groups is 1. The molecule has 0 aliphatic carbocycles. The van der Waals surface area contributed by atoms with Crippen molar-refractivity contribution in [2.24, 2.45) is 5.73 Å². The molecule has 0 aromatic heterocycles. The van der Waals surface area contributed by atoms with E-state index in [4.69, 9.17) is 10.8 Å². The lowest BCUT2D eigenvalue weighted by atomic mass is 10.1. The van der Waals surface area contributed by atoms with Crippen LogP contribution in [0, 0.1) is 0 Å². The van der Waals surface area contributed by atoms with Crippen LogP contribution < -0.4 is 11.1 Å². The smallest absolute Gasteiger partial charge is 0.272 e. The van der Waals surface area contributed by atoms with E-state index in [1.54, 1.807) is 0 Å². The number of ketones is 1. The van der Waals surface area contributed by atoms with Crippen molar-refractivity contribution in [3.8, 4) is 0 Å². The molecule has 0 aliphatic heterocycles. The van der Waals surface area contributed by atoms with Crippen LogP contribution in [0.3, 0.4) is 0 Å². The Morgan fingerprint density at radius 2 is 1.76 bits per heavy atom. The summed E-state index contributed by atoms with van der Waals surface area (Å²) >= 11 is 0.141. The second-order valence-corrected chi connectivity index (χ2v) is 6.15. The predicted octanol–water partition coefficient (Wildman–Crippen LogP) is 0.657. The summed E-state index contributed by atoms with van der Waals surface area (Å²) in [5.74, 6) is -1.84. The summed E-state index contributed by atoms with van der Waals surface area (Å²) < 4.78 is 62.7. The van der Waals surface area contributed by atoms with Gasteiger partial charge in [0.15, 0.2) is 23.6 Å². The molecular formula is C13H19F5N2O4S. The van der Waals surface area contributed by atoms with Crippen LogP contribution in [-0.2, 0) is 14.4 Å². The molecule has 1 amide bonds. The van der Waals surface area contributed by atoms with E-state index in [9.17, 15) is 36.3 Å². The van der Waals surface area contributed by atoms with Crippen molar-refractivity contribution in [2.45, 2.75) is 55.8 Å². The molecule has 0 radical (unpaired) electrons. The molecule has 0 rings (SSSR count). The first kappa shape index (κ1) is 23.7. The van der Waals surface area contributed by atoms with Crippen LogP contribution in [0.25, 0.3) is 0 Å². The highest BCUT2D eigenvalue weighted by Gasteiger charge is 2.36. The zero-order chi connectivity index (χ0) is 19.6. The minimum atomic E-state index is -3.66. The van der Waals surface area contributed by atoms with E-state index in [1.165, 1.54) is 0 Å². The SMILES string of the molecule is NC(CC(=O)NC(O)CC=O)C(=O)CCSC(F)C(F)C(F)C(F)F. The maximum atomic E-state index is 13.2. The second-order valence-electron chi connectivity index (χ2n) is 4.96. The zero-order valence-electron chi connectivity index (χ0n) is 12.9. The minimum absolute atomic E-state index is 0.141. The van der Waals surface area contributed by atoms with Crippen LogP contribution in [-0.4, -0.2) is 65.4 Å². The number of hydrogen-bond acceptors (Lipinski definition) is 6. The average molecular weight is 394 g/mol. The molecule has 0 spiro atoms. The number of amides is 1. The molecule has 0 aromatic rings. The fourth-order valence-corrected chi connectivity index (χ4v) is 2.42. The number of carbonyl (C=O) groups excluding carboxylic acids is 3. The number of aliphatic hydroxyl groups excluding tert-OH is 1. The van der Waals surface area contributed by atoms with Crippen LogP contribution in [0.1, 0.15) is 19.3 Å². The standard InChI is InChI=1S/C13H19F5N2O4S/c14-10(12(16)17)11(15)13(18)25-4-2-7(22)6(19)5-9(24)20-8(23)1-3-21/h3,6,8,10-13,23H,1-2,4-5,19H2,(H,20,24). The molecule has 0 saturated carbocycles. The van der Waals surface area contributed by atoms with Gasteiger partial charge in [-0.25, -0.2) is 22.0 Å². The number of Topliss-reactive ketones (excluding diaryl/α,β-unsaturated/α-hetero) is 1. The molecule has 146 valence electrons. The number of nitrogens with two attached hydrogens (primary N) is 1. The Morgan fingerprint density at radius 1 is 1.16 bits per heavy atom. The van der Waals surface area contributed by atoms with Crippen molar-refractivity contribution in [1.29, 1.82) is 0 Å². The van der Waals surface area contributed by atoms with Gasteiger partial charge >= 0.3 is 0 Å². The van der Waals surface area contributed by atoms with Gasteiger partial charge < -0.3 is 21.0 Å². The van der Waals surface area contributed by atoms with Crippen LogP contribution in [0.2, 0.25) is 0 Å². The van der Waals surface area contributed by atoms with Crippen molar-refractivity contribution in [2.75, 3.05) is 5.75 Å². The number of hydrogen-bond donors (Lipinski definition) is 3. The highest BCUT2D eigenvalue weighted by atomic mass is 32.2. The van der Waals surface area contributed by atoms with Crippen molar-refractivity contribution in [1.82, 2.24) is 5.32 Å². The van der Waals surface area contributed by atoms with Crippen LogP contribution in [0.4, 0.5) is 22.0 Å². The van der Waals surface area contributed by atoms with Crippen molar-refractivity contribution in [3.63, 3.8) is 0 Å². The highest BCUT2D eigenvalue weighted by Crippen LogP contribution is 2.26. The van der Waals surface area contributed by atoms with Gasteiger partial charge in [-0.2, -0.15) is 0 Å². The molecule has 12 heteroatoms. The van der Waals surface area contributed by atoms with Crippen LogP contribution in [0.5, 0.6) is 0 Å². The lowest BCUT2D eigenvalue weighted by Crippen LogP contribution is -2.41. The van der Waals surface area contributed by atoms with E-state index >= 15 is 0 Å². The van der Waals surface area contributed by atoms with Gasteiger partial charge in [0.05, 0.1) is 6.04 Å². The molecule has 5 atom stereocenters. The zero-order valence-corrected chi connectivity index (χ0v) is 13.7. The van der Waals surface area contributed by atoms with Crippen LogP contribution >= 0.6 is 11.8 Å². The first-order valence-corrected chi connectivity index (χ1v) is 8.16.